The minimum Gasteiger partial charge on any atom is -0.259 e. The summed E-state index contributed by atoms with van der Waals surface area (Å²) in [6.07, 6.45) is 1.60. The van der Waals surface area contributed by atoms with Gasteiger partial charge in [-0.15, -0.1) is 0 Å². The molecule has 0 unspecified atom stereocenters. The van der Waals surface area contributed by atoms with Gasteiger partial charge in [0.15, 0.2) is 0 Å². The highest BCUT2D eigenvalue weighted by atomic mass is 35.5. The van der Waals surface area contributed by atoms with Gasteiger partial charge in [-0.05, 0) is 23.3 Å². The molecule has 0 N–H and O–H groups in total. The van der Waals surface area contributed by atoms with Crippen molar-refractivity contribution in [2.75, 3.05) is 0 Å². The van der Waals surface area contributed by atoms with Crippen LogP contribution in [0.5, 0.6) is 0 Å². The zero-order chi connectivity index (χ0) is 14.5. The fraction of sp³-hybridized carbons (Fsp3) is 0.0667. The topological polar surface area (TPSA) is 43.1 Å². The van der Waals surface area contributed by atoms with Crippen LogP contribution >= 0.6 is 11.6 Å². The molecule has 0 bridgehead atoms. The van der Waals surface area contributed by atoms with Gasteiger partial charge in [0.25, 0.3) is 5.70 Å². The molecule has 0 saturated heterocycles. The Morgan fingerprint density at radius 3 is 2.55 bits per heavy atom. The molecule has 0 aliphatic rings. The van der Waals surface area contributed by atoms with Gasteiger partial charge >= 0.3 is 0 Å². The van der Waals surface area contributed by atoms with Crippen molar-refractivity contribution in [1.82, 2.24) is 0 Å². The van der Waals surface area contributed by atoms with Gasteiger partial charge in [-0.2, -0.15) is 0 Å². The number of nitro groups is 1. The first-order chi connectivity index (χ1) is 9.56. The molecule has 0 aromatic heterocycles. The van der Waals surface area contributed by atoms with Gasteiger partial charge in [-0.1, -0.05) is 48.0 Å². The Hall–Kier alpha value is -2.20. The van der Waals surface area contributed by atoms with E-state index in [1.54, 1.807) is 0 Å². The highest BCUT2D eigenvalue weighted by Gasteiger charge is 2.12. The number of hydrogen-bond acceptors (Lipinski definition) is 2. The molecule has 5 heteroatoms. The van der Waals surface area contributed by atoms with Gasteiger partial charge in [0.1, 0.15) is 5.82 Å². The number of allylic oxidation sites excluding steroid dienone is 1. The lowest BCUT2D eigenvalue weighted by atomic mass is 10.1. The quantitative estimate of drug-likeness (QED) is 0.621. The normalized spacial score (nSPS) is 11.4. The maximum absolute atomic E-state index is 13.1. The molecule has 0 aliphatic carbocycles. The van der Waals surface area contributed by atoms with E-state index in [1.165, 1.54) is 24.3 Å². The monoisotopic (exact) mass is 291 g/mol. The van der Waals surface area contributed by atoms with Crippen LogP contribution in [-0.2, 0) is 6.42 Å². The molecule has 2 aromatic carbocycles. The van der Waals surface area contributed by atoms with Crippen molar-refractivity contribution >= 4 is 17.7 Å². The third kappa shape index (κ3) is 3.65. The van der Waals surface area contributed by atoms with E-state index < -0.39 is 10.7 Å². The highest BCUT2D eigenvalue weighted by molar-refractivity contribution is 6.30. The second-order valence-corrected chi connectivity index (χ2v) is 4.64. The summed E-state index contributed by atoms with van der Waals surface area (Å²) in [5.74, 6) is -0.547. The summed E-state index contributed by atoms with van der Waals surface area (Å²) in [7, 11) is 0. The van der Waals surface area contributed by atoms with Crippen molar-refractivity contribution in [3.8, 4) is 0 Å². The molecular formula is C15H11ClFNO2. The average molecular weight is 292 g/mol. The Labute approximate surface area is 120 Å². The van der Waals surface area contributed by atoms with Crippen molar-refractivity contribution in [1.29, 1.82) is 0 Å². The van der Waals surface area contributed by atoms with Crippen LogP contribution in [0, 0.1) is 15.9 Å². The zero-order valence-electron chi connectivity index (χ0n) is 10.4. The molecule has 0 spiro atoms. The Bertz CT molecular complexity index is 656. The Morgan fingerprint density at radius 1 is 1.25 bits per heavy atom. The molecule has 0 heterocycles. The summed E-state index contributed by atoms with van der Waals surface area (Å²) >= 11 is 5.66. The molecule has 0 aliphatic heterocycles. The van der Waals surface area contributed by atoms with Crippen LogP contribution in [0.4, 0.5) is 4.39 Å². The Kier molecular flexibility index (Phi) is 4.48. The van der Waals surface area contributed by atoms with Crippen LogP contribution in [0.2, 0.25) is 5.02 Å². The van der Waals surface area contributed by atoms with Gasteiger partial charge in [0.2, 0.25) is 0 Å². The number of benzene rings is 2. The summed E-state index contributed by atoms with van der Waals surface area (Å²) in [6.45, 7) is 0. The third-order valence-electron chi connectivity index (χ3n) is 2.74. The van der Waals surface area contributed by atoms with Gasteiger partial charge in [-0.25, -0.2) is 4.39 Å². The lowest BCUT2D eigenvalue weighted by Crippen LogP contribution is -2.02. The number of nitrogens with zero attached hydrogens (tertiary/aromatic N) is 1. The van der Waals surface area contributed by atoms with E-state index in [0.717, 1.165) is 5.56 Å². The van der Waals surface area contributed by atoms with E-state index in [9.17, 15) is 14.5 Å². The fourth-order valence-electron chi connectivity index (χ4n) is 1.77. The third-order valence-corrected chi connectivity index (χ3v) is 3.03. The maximum Gasteiger partial charge on any atom is 0.251 e. The number of rotatable bonds is 4. The van der Waals surface area contributed by atoms with E-state index in [4.69, 9.17) is 11.6 Å². The first-order valence-corrected chi connectivity index (χ1v) is 6.28. The van der Waals surface area contributed by atoms with Gasteiger partial charge in [-0.3, -0.25) is 10.1 Å². The molecule has 0 fully saturated rings. The standard InChI is InChI=1S/C15H11ClFNO2/c16-14-10-12(6-7-15(14)17)9-13(18(19)20)8-11-4-2-1-3-5-11/h1-7,9-10H,8H2/b13-9+. The molecule has 0 atom stereocenters. The van der Waals surface area contributed by atoms with Crippen molar-refractivity contribution in [2.45, 2.75) is 6.42 Å². The minimum atomic E-state index is -0.547. The average Bonchev–Trinajstić information content (AvgIpc) is 2.43. The SMILES string of the molecule is O=[N+]([O-])/C(=C/c1ccc(F)c(Cl)c1)Cc1ccccc1. The zero-order valence-corrected chi connectivity index (χ0v) is 11.2. The van der Waals surface area contributed by atoms with E-state index in [2.05, 4.69) is 0 Å². The second-order valence-electron chi connectivity index (χ2n) is 4.23. The number of hydrogen-bond donors (Lipinski definition) is 0. The molecule has 2 rings (SSSR count). The van der Waals surface area contributed by atoms with Crippen LogP contribution in [0.1, 0.15) is 11.1 Å². The van der Waals surface area contributed by atoms with Crippen LogP contribution in [0.3, 0.4) is 0 Å². The van der Waals surface area contributed by atoms with E-state index in [0.29, 0.717) is 5.56 Å². The van der Waals surface area contributed by atoms with Crippen LogP contribution < -0.4 is 0 Å². The first-order valence-electron chi connectivity index (χ1n) is 5.90. The van der Waals surface area contributed by atoms with E-state index in [-0.39, 0.29) is 17.1 Å². The van der Waals surface area contributed by atoms with Crippen molar-refractivity contribution in [2.24, 2.45) is 0 Å². The molecule has 2 aromatic rings. The predicted octanol–water partition coefficient (Wildman–Crippen LogP) is 4.34. The summed E-state index contributed by atoms with van der Waals surface area (Å²) in [5.41, 5.74) is 1.36. The van der Waals surface area contributed by atoms with E-state index >= 15 is 0 Å². The minimum absolute atomic E-state index is 0.0267. The molecule has 20 heavy (non-hydrogen) atoms. The predicted molar refractivity (Wildman–Crippen MR) is 76.5 cm³/mol. The second kappa shape index (κ2) is 6.30. The fourth-order valence-corrected chi connectivity index (χ4v) is 1.96. The largest absolute Gasteiger partial charge is 0.259 e. The van der Waals surface area contributed by atoms with Crippen LogP contribution in [0.25, 0.3) is 6.08 Å². The molecule has 0 amide bonds. The molecular weight excluding hydrogens is 281 g/mol. The van der Waals surface area contributed by atoms with Gasteiger partial charge < -0.3 is 0 Å². The summed E-state index contributed by atoms with van der Waals surface area (Å²) in [5, 5.41) is 11.0. The van der Waals surface area contributed by atoms with Crippen molar-refractivity contribution in [3.05, 3.63) is 86.3 Å². The lowest BCUT2D eigenvalue weighted by Gasteiger charge is -2.01. The van der Waals surface area contributed by atoms with Gasteiger partial charge in [0, 0.05) is 6.08 Å². The van der Waals surface area contributed by atoms with E-state index in [1.807, 2.05) is 30.3 Å². The molecule has 3 nitrogen and oxygen atoms in total. The van der Waals surface area contributed by atoms with Gasteiger partial charge in [0.05, 0.1) is 16.4 Å². The molecule has 0 radical (unpaired) electrons. The maximum atomic E-state index is 13.1. The van der Waals surface area contributed by atoms with Crippen molar-refractivity contribution in [3.63, 3.8) is 0 Å². The Morgan fingerprint density at radius 2 is 1.95 bits per heavy atom. The molecule has 102 valence electrons. The molecule has 0 saturated carbocycles. The summed E-state index contributed by atoms with van der Waals surface area (Å²) < 4.78 is 13.1. The summed E-state index contributed by atoms with van der Waals surface area (Å²) in [6, 6.07) is 13.1. The smallest absolute Gasteiger partial charge is 0.251 e. The Balaban J connectivity index is 2.30. The lowest BCUT2D eigenvalue weighted by molar-refractivity contribution is -0.425. The summed E-state index contributed by atoms with van der Waals surface area (Å²) in [4.78, 5) is 10.7. The van der Waals surface area contributed by atoms with Crippen LogP contribution in [-0.4, -0.2) is 4.92 Å². The first kappa shape index (κ1) is 14.2. The number of halogens is 2. The van der Waals surface area contributed by atoms with Crippen LogP contribution in [0.15, 0.2) is 54.2 Å². The van der Waals surface area contributed by atoms with Crippen molar-refractivity contribution < 1.29 is 9.31 Å². The highest BCUT2D eigenvalue weighted by Crippen LogP contribution is 2.19.